The van der Waals surface area contributed by atoms with E-state index in [1.807, 2.05) is 30.3 Å². The van der Waals surface area contributed by atoms with Crippen LogP contribution in [0.2, 0.25) is 5.02 Å². The number of likely N-dealkylation sites (tertiary alicyclic amines) is 1. The van der Waals surface area contributed by atoms with Crippen LogP contribution in [-0.4, -0.2) is 42.6 Å². The summed E-state index contributed by atoms with van der Waals surface area (Å²) in [6.45, 7) is -0.757. The van der Waals surface area contributed by atoms with Crippen molar-refractivity contribution >= 4 is 29.1 Å². The van der Waals surface area contributed by atoms with Gasteiger partial charge in [-0.05, 0) is 30.2 Å². The summed E-state index contributed by atoms with van der Waals surface area (Å²) in [5, 5.41) is 2.78. The summed E-state index contributed by atoms with van der Waals surface area (Å²) in [6.07, 6.45) is -3.80. The molecule has 0 saturated carbocycles. The summed E-state index contributed by atoms with van der Waals surface area (Å²) in [5.41, 5.74) is 1.12. The first-order valence-corrected chi connectivity index (χ1v) is 9.71. The van der Waals surface area contributed by atoms with Crippen molar-refractivity contribution in [1.82, 2.24) is 4.90 Å². The Morgan fingerprint density at radius 2 is 1.93 bits per heavy atom. The van der Waals surface area contributed by atoms with E-state index in [4.69, 9.17) is 16.3 Å². The number of carbonyl (C=O) groups is 2. The van der Waals surface area contributed by atoms with Crippen molar-refractivity contribution in [2.24, 2.45) is 5.92 Å². The van der Waals surface area contributed by atoms with Crippen molar-refractivity contribution in [2.45, 2.75) is 19.0 Å². The van der Waals surface area contributed by atoms with Crippen LogP contribution in [0.25, 0.3) is 0 Å². The minimum Gasteiger partial charge on any atom is -0.482 e. The van der Waals surface area contributed by atoms with Crippen molar-refractivity contribution in [3.8, 4) is 5.75 Å². The quantitative estimate of drug-likeness (QED) is 0.698. The molecule has 1 saturated heterocycles. The molecule has 1 unspecified atom stereocenters. The predicted molar refractivity (Wildman–Crippen MR) is 106 cm³/mol. The van der Waals surface area contributed by atoms with Crippen LogP contribution in [0.15, 0.2) is 48.5 Å². The lowest BCUT2D eigenvalue weighted by molar-refractivity contribution is -0.153. The summed E-state index contributed by atoms with van der Waals surface area (Å²) in [5.74, 6) is -1.35. The first-order chi connectivity index (χ1) is 14.2. The smallest absolute Gasteiger partial charge is 0.422 e. The van der Waals surface area contributed by atoms with E-state index in [0.29, 0.717) is 13.0 Å². The van der Waals surface area contributed by atoms with E-state index < -0.39 is 24.6 Å². The zero-order chi connectivity index (χ0) is 21.7. The van der Waals surface area contributed by atoms with Gasteiger partial charge in [-0.3, -0.25) is 9.59 Å². The third-order valence-electron chi connectivity index (χ3n) is 4.69. The molecule has 1 N–H and O–H groups in total. The van der Waals surface area contributed by atoms with E-state index in [1.165, 1.54) is 18.2 Å². The fourth-order valence-corrected chi connectivity index (χ4v) is 3.36. The minimum absolute atomic E-state index is 0.0342. The topological polar surface area (TPSA) is 58.6 Å². The molecule has 1 atom stereocenters. The normalized spacial score (nSPS) is 16.6. The first kappa shape index (κ1) is 22.0. The summed E-state index contributed by atoms with van der Waals surface area (Å²) < 4.78 is 42.2. The number of amides is 2. The zero-order valence-electron chi connectivity index (χ0n) is 15.9. The maximum absolute atomic E-state index is 12.6. The number of nitrogens with one attached hydrogen (secondary N) is 1. The molecule has 2 aromatic carbocycles. The average Bonchev–Trinajstić information content (AvgIpc) is 3.07. The summed E-state index contributed by atoms with van der Waals surface area (Å²) in [7, 11) is 0. The fraction of sp³-hybridized carbons (Fsp3) is 0.333. The van der Waals surface area contributed by atoms with Crippen LogP contribution in [0.4, 0.5) is 18.9 Å². The SMILES string of the molecule is O=C(Nc1cc(Cl)ccc1OCC(F)(F)F)C1CC(=O)N(CCc2ccccc2)C1. The number of hydrogen-bond acceptors (Lipinski definition) is 3. The molecule has 1 fully saturated rings. The average molecular weight is 441 g/mol. The predicted octanol–water partition coefficient (Wildman–Crippen LogP) is 4.31. The highest BCUT2D eigenvalue weighted by molar-refractivity contribution is 6.31. The van der Waals surface area contributed by atoms with Gasteiger partial charge in [-0.1, -0.05) is 41.9 Å². The Morgan fingerprint density at radius 3 is 2.63 bits per heavy atom. The third-order valence-corrected chi connectivity index (χ3v) is 4.92. The molecule has 5 nitrogen and oxygen atoms in total. The Bertz CT molecular complexity index is 906. The molecule has 9 heteroatoms. The molecule has 0 bridgehead atoms. The van der Waals surface area contributed by atoms with Crippen LogP contribution >= 0.6 is 11.6 Å². The van der Waals surface area contributed by atoms with Crippen LogP contribution in [0, 0.1) is 5.92 Å². The third kappa shape index (κ3) is 6.13. The first-order valence-electron chi connectivity index (χ1n) is 9.33. The minimum atomic E-state index is -4.52. The van der Waals surface area contributed by atoms with Crippen molar-refractivity contribution < 1.29 is 27.5 Å². The van der Waals surface area contributed by atoms with Gasteiger partial charge >= 0.3 is 6.18 Å². The molecule has 2 amide bonds. The van der Waals surface area contributed by atoms with Crippen LogP contribution in [0.3, 0.4) is 0 Å². The van der Waals surface area contributed by atoms with E-state index in [0.717, 1.165) is 5.56 Å². The molecule has 2 aromatic rings. The molecule has 0 radical (unpaired) electrons. The monoisotopic (exact) mass is 440 g/mol. The van der Waals surface area contributed by atoms with Crippen molar-refractivity contribution in [2.75, 3.05) is 25.0 Å². The van der Waals surface area contributed by atoms with Gasteiger partial charge in [0, 0.05) is 24.5 Å². The van der Waals surface area contributed by atoms with Crippen LogP contribution in [0.1, 0.15) is 12.0 Å². The summed E-state index contributed by atoms with van der Waals surface area (Å²) in [4.78, 5) is 26.5. The lowest BCUT2D eigenvalue weighted by atomic mass is 10.1. The van der Waals surface area contributed by atoms with Crippen LogP contribution in [-0.2, 0) is 16.0 Å². The van der Waals surface area contributed by atoms with Crippen molar-refractivity contribution in [3.63, 3.8) is 0 Å². The largest absolute Gasteiger partial charge is 0.482 e. The second-order valence-corrected chi connectivity index (χ2v) is 7.45. The highest BCUT2D eigenvalue weighted by atomic mass is 35.5. The van der Waals surface area contributed by atoms with E-state index in [-0.39, 0.29) is 35.3 Å². The second-order valence-electron chi connectivity index (χ2n) is 7.01. The Kier molecular flexibility index (Phi) is 6.87. The van der Waals surface area contributed by atoms with Gasteiger partial charge in [0.05, 0.1) is 11.6 Å². The number of hydrogen-bond donors (Lipinski definition) is 1. The lowest BCUT2D eigenvalue weighted by Crippen LogP contribution is -2.30. The fourth-order valence-electron chi connectivity index (χ4n) is 3.19. The van der Waals surface area contributed by atoms with Crippen LogP contribution < -0.4 is 10.1 Å². The Morgan fingerprint density at radius 1 is 1.20 bits per heavy atom. The molecule has 1 heterocycles. The van der Waals surface area contributed by atoms with Gasteiger partial charge in [0.1, 0.15) is 5.75 Å². The molecule has 30 heavy (non-hydrogen) atoms. The number of nitrogens with zero attached hydrogens (tertiary/aromatic N) is 1. The lowest BCUT2D eigenvalue weighted by Gasteiger charge is -2.18. The van der Waals surface area contributed by atoms with Gasteiger partial charge < -0.3 is 15.0 Å². The molecule has 0 aliphatic carbocycles. The van der Waals surface area contributed by atoms with Gasteiger partial charge in [-0.15, -0.1) is 0 Å². The highest BCUT2D eigenvalue weighted by Crippen LogP contribution is 2.31. The molecule has 1 aliphatic heterocycles. The standard InChI is InChI=1S/C21H20ClF3N2O3/c22-16-6-7-18(30-13-21(23,24)25)17(11-16)26-20(29)15-10-19(28)27(12-15)9-8-14-4-2-1-3-5-14/h1-7,11,15H,8-10,12-13H2,(H,26,29). The molecule has 0 aromatic heterocycles. The van der Waals surface area contributed by atoms with Crippen molar-refractivity contribution in [3.05, 3.63) is 59.1 Å². The second kappa shape index (κ2) is 9.38. The number of rotatable bonds is 7. The van der Waals surface area contributed by atoms with Gasteiger partial charge in [0.2, 0.25) is 11.8 Å². The Labute approximate surface area is 176 Å². The number of benzene rings is 2. The van der Waals surface area contributed by atoms with E-state index in [2.05, 4.69) is 5.32 Å². The number of ether oxygens (including phenoxy) is 1. The zero-order valence-corrected chi connectivity index (χ0v) is 16.7. The molecule has 160 valence electrons. The van der Waals surface area contributed by atoms with Gasteiger partial charge in [0.25, 0.3) is 0 Å². The molecular formula is C21H20ClF3N2O3. The van der Waals surface area contributed by atoms with Gasteiger partial charge in [0.15, 0.2) is 6.61 Å². The van der Waals surface area contributed by atoms with Crippen LogP contribution in [0.5, 0.6) is 5.75 Å². The maximum Gasteiger partial charge on any atom is 0.422 e. The van der Waals surface area contributed by atoms with Gasteiger partial charge in [-0.2, -0.15) is 13.2 Å². The number of anilines is 1. The number of halogens is 4. The maximum atomic E-state index is 12.6. The summed E-state index contributed by atoms with van der Waals surface area (Å²) >= 11 is 5.90. The summed E-state index contributed by atoms with van der Waals surface area (Å²) in [6, 6.07) is 13.6. The highest BCUT2D eigenvalue weighted by Gasteiger charge is 2.34. The molecule has 1 aliphatic rings. The Balaban J connectivity index is 1.61. The van der Waals surface area contributed by atoms with E-state index in [1.54, 1.807) is 4.90 Å². The van der Waals surface area contributed by atoms with E-state index >= 15 is 0 Å². The molecular weight excluding hydrogens is 421 g/mol. The van der Waals surface area contributed by atoms with E-state index in [9.17, 15) is 22.8 Å². The molecule has 3 rings (SSSR count). The number of alkyl halides is 3. The Hall–Kier alpha value is -2.74. The van der Waals surface area contributed by atoms with Crippen molar-refractivity contribution in [1.29, 1.82) is 0 Å². The number of carbonyl (C=O) groups excluding carboxylic acids is 2. The molecule has 0 spiro atoms. The van der Waals surface area contributed by atoms with Gasteiger partial charge in [-0.25, -0.2) is 0 Å².